The SMILES string of the molecule is CC(C)[C@H]1CN(Cc2ccccc2)CCN1CC(=O)Nc1nncs1. The van der Waals surface area contributed by atoms with Crippen molar-refractivity contribution < 1.29 is 4.79 Å². The van der Waals surface area contributed by atoms with Gasteiger partial charge in [0.2, 0.25) is 11.0 Å². The van der Waals surface area contributed by atoms with Gasteiger partial charge in [-0.1, -0.05) is 55.5 Å². The zero-order valence-corrected chi connectivity index (χ0v) is 15.6. The summed E-state index contributed by atoms with van der Waals surface area (Å²) in [7, 11) is 0. The highest BCUT2D eigenvalue weighted by Crippen LogP contribution is 2.19. The number of hydrogen-bond acceptors (Lipinski definition) is 6. The zero-order chi connectivity index (χ0) is 17.6. The van der Waals surface area contributed by atoms with Crippen molar-refractivity contribution in [2.24, 2.45) is 5.92 Å². The van der Waals surface area contributed by atoms with Crippen LogP contribution in [0.4, 0.5) is 5.13 Å². The number of benzene rings is 1. The van der Waals surface area contributed by atoms with Gasteiger partial charge in [-0.2, -0.15) is 0 Å². The van der Waals surface area contributed by atoms with Crippen molar-refractivity contribution in [1.82, 2.24) is 20.0 Å². The fourth-order valence-corrected chi connectivity index (χ4v) is 3.75. The van der Waals surface area contributed by atoms with E-state index < -0.39 is 0 Å². The van der Waals surface area contributed by atoms with E-state index in [1.54, 1.807) is 5.51 Å². The standard InChI is InChI=1S/C18H25N5OS/c1-14(2)16-11-22(10-15-6-4-3-5-7-15)8-9-23(16)12-17(24)20-18-21-19-13-25-18/h3-7,13-14,16H,8-12H2,1-2H3,(H,20,21,24)/t16-/m1/s1. The maximum Gasteiger partial charge on any atom is 0.240 e. The van der Waals surface area contributed by atoms with Crippen molar-refractivity contribution >= 4 is 22.4 Å². The minimum atomic E-state index is -0.0149. The average molecular weight is 359 g/mol. The molecule has 1 fully saturated rings. The Bertz CT molecular complexity index is 661. The van der Waals surface area contributed by atoms with Gasteiger partial charge in [-0.05, 0) is 11.5 Å². The van der Waals surface area contributed by atoms with Gasteiger partial charge in [-0.25, -0.2) is 0 Å². The van der Waals surface area contributed by atoms with Crippen LogP contribution in [0.2, 0.25) is 0 Å². The molecule has 2 heterocycles. The molecule has 0 saturated carbocycles. The Balaban J connectivity index is 1.57. The maximum atomic E-state index is 12.3. The van der Waals surface area contributed by atoms with Gasteiger partial charge in [-0.3, -0.25) is 19.9 Å². The molecule has 0 unspecified atom stereocenters. The topological polar surface area (TPSA) is 61.4 Å². The zero-order valence-electron chi connectivity index (χ0n) is 14.8. The molecule has 1 amide bonds. The second-order valence-electron chi connectivity index (χ2n) is 6.79. The van der Waals surface area contributed by atoms with Gasteiger partial charge in [0.1, 0.15) is 5.51 Å². The van der Waals surface area contributed by atoms with E-state index in [9.17, 15) is 4.79 Å². The monoisotopic (exact) mass is 359 g/mol. The van der Waals surface area contributed by atoms with Gasteiger partial charge < -0.3 is 0 Å². The van der Waals surface area contributed by atoms with Crippen molar-refractivity contribution in [3.8, 4) is 0 Å². The summed E-state index contributed by atoms with van der Waals surface area (Å²) in [6, 6.07) is 10.9. The van der Waals surface area contributed by atoms with Crippen LogP contribution in [0.1, 0.15) is 19.4 Å². The number of nitrogens with zero attached hydrogens (tertiary/aromatic N) is 4. The first kappa shape index (κ1) is 18.0. The van der Waals surface area contributed by atoms with E-state index in [2.05, 4.69) is 69.5 Å². The summed E-state index contributed by atoms with van der Waals surface area (Å²) in [5.74, 6) is 0.479. The number of carbonyl (C=O) groups excluding carboxylic acids is 1. The van der Waals surface area contributed by atoms with E-state index >= 15 is 0 Å². The molecule has 7 heteroatoms. The number of amides is 1. The van der Waals surface area contributed by atoms with Crippen LogP contribution in [0.3, 0.4) is 0 Å². The van der Waals surface area contributed by atoms with Crippen LogP contribution >= 0.6 is 11.3 Å². The highest BCUT2D eigenvalue weighted by molar-refractivity contribution is 7.13. The van der Waals surface area contributed by atoms with Crippen LogP contribution < -0.4 is 5.32 Å². The van der Waals surface area contributed by atoms with Crippen LogP contribution in [-0.2, 0) is 11.3 Å². The molecule has 1 aliphatic rings. The summed E-state index contributed by atoms with van der Waals surface area (Å²) >= 11 is 1.34. The molecule has 1 aromatic carbocycles. The second kappa shape index (κ2) is 8.51. The smallest absolute Gasteiger partial charge is 0.240 e. The third-order valence-electron chi connectivity index (χ3n) is 4.59. The molecule has 6 nitrogen and oxygen atoms in total. The number of hydrogen-bond donors (Lipinski definition) is 1. The van der Waals surface area contributed by atoms with E-state index in [-0.39, 0.29) is 5.91 Å². The lowest BCUT2D eigenvalue weighted by Crippen LogP contribution is -2.56. The van der Waals surface area contributed by atoms with Crippen LogP contribution in [0.25, 0.3) is 0 Å². The largest absolute Gasteiger partial charge is 0.299 e. The molecule has 1 aliphatic heterocycles. The first-order chi connectivity index (χ1) is 12.1. The Morgan fingerprint density at radius 3 is 2.80 bits per heavy atom. The van der Waals surface area contributed by atoms with Crippen molar-refractivity contribution in [2.45, 2.75) is 26.4 Å². The number of piperazine rings is 1. The molecular weight excluding hydrogens is 334 g/mol. The first-order valence-electron chi connectivity index (χ1n) is 8.68. The maximum absolute atomic E-state index is 12.3. The molecule has 25 heavy (non-hydrogen) atoms. The van der Waals surface area contributed by atoms with Crippen molar-refractivity contribution in [1.29, 1.82) is 0 Å². The van der Waals surface area contributed by atoms with Crippen LogP contribution in [0.15, 0.2) is 35.8 Å². The molecule has 1 saturated heterocycles. The average Bonchev–Trinajstić information content (AvgIpc) is 3.10. The third-order valence-corrected chi connectivity index (χ3v) is 5.20. The molecule has 1 N–H and O–H groups in total. The number of nitrogens with one attached hydrogen (secondary N) is 1. The Hall–Kier alpha value is -1.83. The second-order valence-corrected chi connectivity index (χ2v) is 7.63. The number of carbonyl (C=O) groups is 1. The Labute approximate surface area is 152 Å². The predicted molar refractivity (Wildman–Crippen MR) is 100 cm³/mol. The first-order valence-corrected chi connectivity index (χ1v) is 9.56. The summed E-state index contributed by atoms with van der Waals surface area (Å²) in [4.78, 5) is 17.1. The number of anilines is 1. The summed E-state index contributed by atoms with van der Waals surface area (Å²) < 4.78 is 0. The van der Waals surface area contributed by atoms with Crippen LogP contribution in [0, 0.1) is 5.92 Å². The summed E-state index contributed by atoms with van der Waals surface area (Å²) in [5, 5.41) is 11.0. The van der Waals surface area contributed by atoms with E-state index in [1.807, 2.05) is 0 Å². The molecule has 2 aromatic rings. The van der Waals surface area contributed by atoms with E-state index in [4.69, 9.17) is 0 Å². The summed E-state index contributed by atoms with van der Waals surface area (Å²) in [5.41, 5.74) is 2.96. The lowest BCUT2D eigenvalue weighted by atomic mass is 9.99. The molecular formula is C18H25N5OS. The Morgan fingerprint density at radius 1 is 1.32 bits per heavy atom. The Kier molecular flexibility index (Phi) is 6.12. The van der Waals surface area contributed by atoms with E-state index in [0.717, 1.165) is 26.2 Å². The van der Waals surface area contributed by atoms with Gasteiger partial charge >= 0.3 is 0 Å². The normalized spacial score (nSPS) is 19.2. The van der Waals surface area contributed by atoms with Crippen LogP contribution in [-0.4, -0.2) is 58.1 Å². The van der Waals surface area contributed by atoms with Gasteiger partial charge in [-0.15, -0.1) is 10.2 Å². The van der Waals surface area contributed by atoms with Gasteiger partial charge in [0.15, 0.2) is 0 Å². The third kappa shape index (κ3) is 5.07. The minimum absolute atomic E-state index is 0.0149. The van der Waals surface area contributed by atoms with Gasteiger partial charge in [0.25, 0.3) is 0 Å². The van der Waals surface area contributed by atoms with Gasteiger partial charge in [0.05, 0.1) is 6.54 Å². The fraction of sp³-hybridized carbons (Fsp3) is 0.500. The minimum Gasteiger partial charge on any atom is -0.299 e. The van der Waals surface area contributed by atoms with E-state index in [0.29, 0.717) is 23.6 Å². The highest BCUT2D eigenvalue weighted by Gasteiger charge is 2.30. The Morgan fingerprint density at radius 2 is 2.12 bits per heavy atom. The summed E-state index contributed by atoms with van der Waals surface area (Å²) in [6.45, 7) is 8.69. The molecule has 1 atom stereocenters. The lowest BCUT2D eigenvalue weighted by Gasteiger charge is -2.43. The number of aromatic nitrogens is 2. The highest BCUT2D eigenvalue weighted by atomic mass is 32.1. The van der Waals surface area contributed by atoms with Crippen molar-refractivity contribution in [3.63, 3.8) is 0 Å². The molecule has 3 rings (SSSR count). The molecule has 0 radical (unpaired) electrons. The molecule has 0 aliphatic carbocycles. The van der Waals surface area contributed by atoms with Crippen molar-refractivity contribution in [3.05, 3.63) is 41.4 Å². The molecule has 1 aromatic heterocycles. The molecule has 134 valence electrons. The predicted octanol–water partition coefficient (Wildman–Crippen LogP) is 2.32. The summed E-state index contributed by atoms with van der Waals surface area (Å²) in [6.07, 6.45) is 0. The van der Waals surface area contributed by atoms with Crippen LogP contribution in [0.5, 0.6) is 0 Å². The number of rotatable bonds is 6. The lowest BCUT2D eigenvalue weighted by molar-refractivity contribution is -0.119. The van der Waals surface area contributed by atoms with Gasteiger partial charge in [0, 0.05) is 32.2 Å². The quantitative estimate of drug-likeness (QED) is 0.858. The molecule has 0 bridgehead atoms. The fourth-order valence-electron chi connectivity index (χ4n) is 3.29. The van der Waals surface area contributed by atoms with Crippen molar-refractivity contribution in [2.75, 3.05) is 31.5 Å². The van der Waals surface area contributed by atoms with E-state index in [1.165, 1.54) is 16.9 Å². The molecule has 0 spiro atoms.